The number of hydrogen-bond acceptors (Lipinski definition) is 4. The number of likely N-dealkylation sites (tertiary alicyclic amines) is 1. The number of benzene rings is 1. The fourth-order valence-electron chi connectivity index (χ4n) is 2.83. The Labute approximate surface area is 140 Å². The molecule has 126 valence electrons. The molecule has 1 aromatic carbocycles. The number of hydrogen-bond donors (Lipinski definition) is 1. The summed E-state index contributed by atoms with van der Waals surface area (Å²) in [7, 11) is 1.61. The molecule has 2 heterocycles. The second-order valence-electron chi connectivity index (χ2n) is 5.72. The van der Waals surface area contributed by atoms with Crippen LogP contribution in [0.1, 0.15) is 24.2 Å². The number of carbonyl (C=O) groups excluding carboxylic acids is 2. The van der Waals surface area contributed by atoms with Gasteiger partial charge in [0.2, 0.25) is 11.8 Å². The molecule has 0 aliphatic carbocycles. The van der Waals surface area contributed by atoms with E-state index in [1.165, 1.54) is 0 Å². The van der Waals surface area contributed by atoms with E-state index in [0.29, 0.717) is 31.7 Å². The molecule has 1 fully saturated rings. The summed E-state index contributed by atoms with van der Waals surface area (Å²) in [6, 6.07) is 10.6. The largest absolute Gasteiger partial charge is 0.497 e. The van der Waals surface area contributed by atoms with Crippen LogP contribution in [0.3, 0.4) is 0 Å². The zero-order valence-electron chi connectivity index (χ0n) is 13.5. The Morgan fingerprint density at radius 3 is 2.79 bits per heavy atom. The van der Waals surface area contributed by atoms with E-state index in [4.69, 9.17) is 9.15 Å². The lowest BCUT2D eigenvalue weighted by Crippen LogP contribution is -2.44. The maximum atomic E-state index is 12.5. The van der Waals surface area contributed by atoms with Gasteiger partial charge in [-0.2, -0.15) is 0 Å². The van der Waals surface area contributed by atoms with Crippen LogP contribution >= 0.6 is 0 Å². The molecule has 6 heteroatoms. The first-order valence-electron chi connectivity index (χ1n) is 7.90. The molecule has 0 saturated carbocycles. The average molecular weight is 328 g/mol. The quantitative estimate of drug-likeness (QED) is 0.881. The molecule has 1 N–H and O–H groups in total. The van der Waals surface area contributed by atoms with Crippen molar-refractivity contribution < 1.29 is 18.7 Å². The van der Waals surface area contributed by atoms with Gasteiger partial charge in [0.1, 0.15) is 17.6 Å². The highest BCUT2D eigenvalue weighted by molar-refractivity contribution is 5.90. The van der Waals surface area contributed by atoms with Crippen LogP contribution in [0.25, 0.3) is 0 Å². The summed E-state index contributed by atoms with van der Waals surface area (Å²) >= 11 is 0. The summed E-state index contributed by atoms with van der Waals surface area (Å²) in [6.45, 7) is 0.745. The zero-order chi connectivity index (χ0) is 16.9. The molecule has 0 radical (unpaired) electrons. The van der Waals surface area contributed by atoms with Crippen molar-refractivity contribution >= 4 is 11.8 Å². The van der Waals surface area contributed by atoms with Crippen molar-refractivity contribution in [3.05, 3.63) is 54.0 Å². The van der Waals surface area contributed by atoms with Crippen molar-refractivity contribution in [1.82, 2.24) is 10.2 Å². The minimum atomic E-state index is -0.444. The molecule has 24 heavy (non-hydrogen) atoms. The lowest BCUT2D eigenvalue weighted by Gasteiger charge is -2.23. The predicted molar refractivity (Wildman–Crippen MR) is 87.1 cm³/mol. The summed E-state index contributed by atoms with van der Waals surface area (Å²) in [5.74, 6) is 1.30. The van der Waals surface area contributed by atoms with Gasteiger partial charge in [-0.3, -0.25) is 9.59 Å². The van der Waals surface area contributed by atoms with E-state index in [-0.39, 0.29) is 11.8 Å². The molecule has 1 aliphatic rings. The van der Waals surface area contributed by atoms with Crippen molar-refractivity contribution in [3.63, 3.8) is 0 Å². The molecular formula is C18H20N2O4. The lowest BCUT2D eigenvalue weighted by molar-refractivity contribution is -0.136. The molecule has 0 spiro atoms. The molecule has 3 rings (SSSR count). The van der Waals surface area contributed by atoms with Gasteiger partial charge in [-0.05, 0) is 36.2 Å². The third kappa shape index (κ3) is 3.59. The maximum Gasteiger partial charge on any atom is 0.243 e. The van der Waals surface area contributed by atoms with E-state index in [0.717, 1.165) is 11.3 Å². The van der Waals surface area contributed by atoms with Crippen LogP contribution in [-0.4, -0.2) is 29.9 Å². The number of amides is 2. The van der Waals surface area contributed by atoms with Gasteiger partial charge in [0.05, 0.1) is 19.9 Å². The van der Waals surface area contributed by atoms with Gasteiger partial charge in [0, 0.05) is 13.0 Å². The van der Waals surface area contributed by atoms with E-state index < -0.39 is 6.04 Å². The molecule has 0 bridgehead atoms. The number of rotatable bonds is 6. The number of ether oxygens (including phenoxy) is 1. The standard InChI is InChI=1S/C18H20N2O4/c1-23-14-6-4-13(5-7-14)11-19-18(22)16-8-9-17(21)20(16)12-15-3-2-10-24-15/h2-7,10,16H,8-9,11-12H2,1H3,(H,19,22)/t16-/m0/s1. The number of furan rings is 1. The molecule has 2 aromatic rings. The van der Waals surface area contributed by atoms with Gasteiger partial charge < -0.3 is 19.4 Å². The third-order valence-corrected chi connectivity index (χ3v) is 4.16. The molecule has 1 aliphatic heterocycles. The summed E-state index contributed by atoms with van der Waals surface area (Å²) < 4.78 is 10.4. The molecule has 2 amide bonds. The van der Waals surface area contributed by atoms with Crippen molar-refractivity contribution in [1.29, 1.82) is 0 Å². The Kier molecular flexibility index (Phi) is 4.84. The van der Waals surface area contributed by atoms with Crippen LogP contribution in [0, 0.1) is 0 Å². The normalized spacial score (nSPS) is 17.1. The van der Waals surface area contributed by atoms with Crippen LogP contribution < -0.4 is 10.1 Å². The van der Waals surface area contributed by atoms with Crippen LogP contribution in [0.5, 0.6) is 5.75 Å². The second kappa shape index (κ2) is 7.21. The highest BCUT2D eigenvalue weighted by Crippen LogP contribution is 2.22. The maximum absolute atomic E-state index is 12.5. The summed E-state index contributed by atoms with van der Waals surface area (Å²) in [5, 5.41) is 2.90. The van der Waals surface area contributed by atoms with Crippen molar-refractivity contribution in [2.75, 3.05) is 7.11 Å². The fraction of sp³-hybridized carbons (Fsp3) is 0.333. The first-order chi connectivity index (χ1) is 11.7. The monoisotopic (exact) mass is 328 g/mol. The smallest absolute Gasteiger partial charge is 0.243 e. The van der Waals surface area contributed by atoms with Gasteiger partial charge in [0.15, 0.2) is 0 Å². The SMILES string of the molecule is COc1ccc(CNC(=O)[C@@H]2CCC(=O)N2Cc2ccco2)cc1. The van der Waals surface area contributed by atoms with E-state index in [1.54, 1.807) is 30.4 Å². The zero-order valence-corrected chi connectivity index (χ0v) is 13.5. The van der Waals surface area contributed by atoms with Crippen LogP contribution in [0.4, 0.5) is 0 Å². The van der Waals surface area contributed by atoms with Gasteiger partial charge in [-0.25, -0.2) is 0 Å². The minimum absolute atomic E-state index is 0.0176. The average Bonchev–Trinajstić information content (AvgIpc) is 3.24. The summed E-state index contributed by atoms with van der Waals surface area (Å²) in [4.78, 5) is 26.1. The summed E-state index contributed by atoms with van der Waals surface area (Å²) in [6.07, 6.45) is 2.49. The predicted octanol–water partition coefficient (Wildman–Crippen LogP) is 2.10. The highest BCUT2D eigenvalue weighted by atomic mass is 16.5. The van der Waals surface area contributed by atoms with E-state index in [9.17, 15) is 9.59 Å². The van der Waals surface area contributed by atoms with E-state index >= 15 is 0 Å². The number of carbonyl (C=O) groups is 2. The van der Waals surface area contributed by atoms with Crippen LogP contribution in [0.15, 0.2) is 47.1 Å². The third-order valence-electron chi connectivity index (χ3n) is 4.16. The van der Waals surface area contributed by atoms with Crippen LogP contribution in [-0.2, 0) is 22.7 Å². The Morgan fingerprint density at radius 1 is 1.33 bits per heavy atom. The highest BCUT2D eigenvalue weighted by Gasteiger charge is 2.36. The van der Waals surface area contributed by atoms with Crippen molar-refractivity contribution in [3.8, 4) is 5.75 Å². The summed E-state index contributed by atoms with van der Waals surface area (Å²) in [5.41, 5.74) is 0.978. The number of methoxy groups -OCH3 is 1. The molecule has 1 saturated heterocycles. The molecule has 1 atom stereocenters. The Hall–Kier alpha value is -2.76. The number of nitrogens with one attached hydrogen (secondary N) is 1. The lowest BCUT2D eigenvalue weighted by atomic mass is 10.1. The van der Waals surface area contributed by atoms with Gasteiger partial charge >= 0.3 is 0 Å². The fourth-order valence-corrected chi connectivity index (χ4v) is 2.83. The van der Waals surface area contributed by atoms with Gasteiger partial charge in [0.25, 0.3) is 0 Å². The van der Waals surface area contributed by atoms with Gasteiger partial charge in [-0.1, -0.05) is 12.1 Å². The van der Waals surface area contributed by atoms with Crippen molar-refractivity contribution in [2.24, 2.45) is 0 Å². The minimum Gasteiger partial charge on any atom is -0.497 e. The molecule has 0 unspecified atom stereocenters. The number of nitrogens with zero attached hydrogens (tertiary/aromatic N) is 1. The van der Waals surface area contributed by atoms with Crippen LogP contribution in [0.2, 0.25) is 0 Å². The first kappa shape index (κ1) is 16.1. The van der Waals surface area contributed by atoms with E-state index in [2.05, 4.69) is 5.32 Å². The molecule has 6 nitrogen and oxygen atoms in total. The van der Waals surface area contributed by atoms with Crippen molar-refractivity contribution in [2.45, 2.75) is 32.0 Å². The van der Waals surface area contributed by atoms with Gasteiger partial charge in [-0.15, -0.1) is 0 Å². The first-order valence-corrected chi connectivity index (χ1v) is 7.90. The Balaban J connectivity index is 1.59. The van der Waals surface area contributed by atoms with E-state index in [1.807, 2.05) is 24.3 Å². The topological polar surface area (TPSA) is 71.8 Å². The Morgan fingerprint density at radius 2 is 2.12 bits per heavy atom. The molecule has 1 aromatic heterocycles. The Bertz CT molecular complexity index is 694. The second-order valence-corrected chi connectivity index (χ2v) is 5.72. The molecular weight excluding hydrogens is 308 g/mol.